The highest BCUT2D eigenvalue weighted by atomic mass is 16.5. The summed E-state index contributed by atoms with van der Waals surface area (Å²) >= 11 is 0. The average Bonchev–Trinajstić information content (AvgIpc) is 2.82. The predicted molar refractivity (Wildman–Crippen MR) is 63.8 cm³/mol. The van der Waals surface area contributed by atoms with Gasteiger partial charge in [0.1, 0.15) is 0 Å². The Bertz CT molecular complexity index is 360. The molecule has 0 radical (unpaired) electrons. The zero-order valence-electron chi connectivity index (χ0n) is 9.71. The standard InChI is InChI=1S/C13H17NO3/c15-13(16)14(9-12-6-7-17-10-12)8-11-4-2-1-3-5-11/h1-5,12H,6-10H2,(H,15,16)/t12-/m1/s1. The molecule has 17 heavy (non-hydrogen) atoms. The molecular formula is C13H17NO3. The molecule has 0 spiro atoms. The van der Waals surface area contributed by atoms with Gasteiger partial charge in [-0.15, -0.1) is 0 Å². The maximum absolute atomic E-state index is 11.2. The first kappa shape index (κ1) is 11.9. The van der Waals surface area contributed by atoms with Gasteiger partial charge in [-0.1, -0.05) is 30.3 Å². The molecule has 1 aliphatic rings. The third-order valence-corrected chi connectivity index (χ3v) is 2.99. The summed E-state index contributed by atoms with van der Waals surface area (Å²) in [6.45, 7) is 2.44. The molecule has 1 fully saturated rings. The van der Waals surface area contributed by atoms with E-state index >= 15 is 0 Å². The van der Waals surface area contributed by atoms with E-state index in [4.69, 9.17) is 4.74 Å². The number of rotatable bonds is 4. The van der Waals surface area contributed by atoms with E-state index in [9.17, 15) is 9.90 Å². The summed E-state index contributed by atoms with van der Waals surface area (Å²) in [7, 11) is 0. The van der Waals surface area contributed by atoms with Crippen LogP contribution in [0.3, 0.4) is 0 Å². The van der Waals surface area contributed by atoms with E-state index in [1.54, 1.807) is 0 Å². The Kier molecular flexibility index (Phi) is 3.98. The van der Waals surface area contributed by atoms with Crippen molar-refractivity contribution in [1.29, 1.82) is 0 Å². The predicted octanol–water partition coefficient (Wildman–Crippen LogP) is 2.20. The number of hydrogen-bond acceptors (Lipinski definition) is 2. The van der Waals surface area contributed by atoms with Crippen LogP contribution in [0.4, 0.5) is 4.79 Å². The summed E-state index contributed by atoms with van der Waals surface area (Å²) < 4.78 is 5.27. The molecule has 1 atom stereocenters. The highest BCUT2D eigenvalue weighted by Gasteiger charge is 2.22. The lowest BCUT2D eigenvalue weighted by molar-refractivity contribution is 0.127. The average molecular weight is 235 g/mol. The molecule has 0 aliphatic carbocycles. The number of carbonyl (C=O) groups is 1. The minimum atomic E-state index is -0.860. The molecular weight excluding hydrogens is 218 g/mol. The molecule has 1 saturated heterocycles. The number of ether oxygens (including phenoxy) is 1. The van der Waals surface area contributed by atoms with E-state index in [0.717, 1.165) is 18.6 Å². The largest absolute Gasteiger partial charge is 0.465 e. The van der Waals surface area contributed by atoms with E-state index < -0.39 is 6.09 Å². The molecule has 1 aromatic carbocycles. The zero-order valence-corrected chi connectivity index (χ0v) is 9.71. The van der Waals surface area contributed by atoms with Crippen LogP contribution in [-0.4, -0.2) is 35.9 Å². The van der Waals surface area contributed by atoms with Gasteiger partial charge in [0.15, 0.2) is 0 Å². The first-order valence-corrected chi connectivity index (χ1v) is 5.85. The Morgan fingerprint density at radius 2 is 2.18 bits per heavy atom. The third kappa shape index (κ3) is 3.46. The monoisotopic (exact) mass is 235 g/mol. The van der Waals surface area contributed by atoms with E-state index in [2.05, 4.69) is 0 Å². The van der Waals surface area contributed by atoms with Gasteiger partial charge in [0, 0.05) is 25.6 Å². The van der Waals surface area contributed by atoms with Crippen LogP contribution in [0, 0.1) is 5.92 Å². The first-order valence-electron chi connectivity index (χ1n) is 5.85. The number of carboxylic acid groups (broad SMARTS) is 1. The van der Waals surface area contributed by atoms with Gasteiger partial charge in [-0.25, -0.2) is 4.79 Å². The lowest BCUT2D eigenvalue weighted by Gasteiger charge is -2.22. The topological polar surface area (TPSA) is 49.8 Å². The molecule has 1 heterocycles. The van der Waals surface area contributed by atoms with Crippen molar-refractivity contribution in [2.75, 3.05) is 19.8 Å². The van der Waals surface area contributed by atoms with Gasteiger partial charge in [-0.05, 0) is 12.0 Å². The Labute approximate surface area is 101 Å². The molecule has 1 amide bonds. The maximum Gasteiger partial charge on any atom is 0.407 e. The normalized spacial score (nSPS) is 19.2. The fourth-order valence-corrected chi connectivity index (χ4v) is 2.05. The Balaban J connectivity index is 1.95. The van der Waals surface area contributed by atoms with Crippen molar-refractivity contribution in [2.45, 2.75) is 13.0 Å². The van der Waals surface area contributed by atoms with Crippen molar-refractivity contribution in [2.24, 2.45) is 5.92 Å². The minimum absolute atomic E-state index is 0.342. The van der Waals surface area contributed by atoms with Crippen molar-refractivity contribution in [3.05, 3.63) is 35.9 Å². The Hall–Kier alpha value is -1.55. The summed E-state index contributed by atoms with van der Waals surface area (Å²) in [5.41, 5.74) is 1.02. The molecule has 2 rings (SSSR count). The van der Waals surface area contributed by atoms with Crippen molar-refractivity contribution < 1.29 is 14.6 Å². The van der Waals surface area contributed by atoms with Crippen LogP contribution >= 0.6 is 0 Å². The Morgan fingerprint density at radius 3 is 2.76 bits per heavy atom. The molecule has 0 unspecified atom stereocenters. The van der Waals surface area contributed by atoms with Crippen LogP contribution in [0.15, 0.2) is 30.3 Å². The second-order valence-electron chi connectivity index (χ2n) is 4.38. The lowest BCUT2D eigenvalue weighted by Crippen LogP contribution is -2.33. The summed E-state index contributed by atoms with van der Waals surface area (Å²) in [5, 5.41) is 9.18. The van der Waals surface area contributed by atoms with Crippen LogP contribution in [0.1, 0.15) is 12.0 Å². The second kappa shape index (κ2) is 5.68. The number of hydrogen-bond donors (Lipinski definition) is 1. The third-order valence-electron chi connectivity index (χ3n) is 2.99. The van der Waals surface area contributed by atoms with Crippen molar-refractivity contribution in [1.82, 2.24) is 4.90 Å². The van der Waals surface area contributed by atoms with Crippen LogP contribution < -0.4 is 0 Å². The number of benzene rings is 1. The van der Waals surface area contributed by atoms with Crippen LogP contribution in [0.2, 0.25) is 0 Å². The highest BCUT2D eigenvalue weighted by Crippen LogP contribution is 2.15. The van der Waals surface area contributed by atoms with Gasteiger partial charge >= 0.3 is 6.09 Å². The van der Waals surface area contributed by atoms with Crippen LogP contribution in [0.5, 0.6) is 0 Å². The molecule has 4 nitrogen and oxygen atoms in total. The molecule has 92 valence electrons. The van der Waals surface area contributed by atoms with Gasteiger partial charge in [0.05, 0.1) is 6.61 Å². The van der Waals surface area contributed by atoms with E-state index in [-0.39, 0.29) is 0 Å². The highest BCUT2D eigenvalue weighted by molar-refractivity contribution is 5.65. The van der Waals surface area contributed by atoms with Gasteiger partial charge in [-0.3, -0.25) is 0 Å². The zero-order chi connectivity index (χ0) is 12.1. The molecule has 0 aromatic heterocycles. The second-order valence-corrected chi connectivity index (χ2v) is 4.38. The smallest absolute Gasteiger partial charge is 0.407 e. The van der Waals surface area contributed by atoms with E-state index in [0.29, 0.717) is 25.6 Å². The minimum Gasteiger partial charge on any atom is -0.465 e. The number of nitrogens with zero attached hydrogens (tertiary/aromatic N) is 1. The molecule has 0 bridgehead atoms. The maximum atomic E-state index is 11.2. The number of amides is 1. The lowest BCUT2D eigenvalue weighted by atomic mass is 10.1. The fourth-order valence-electron chi connectivity index (χ4n) is 2.05. The van der Waals surface area contributed by atoms with Gasteiger partial charge in [0.2, 0.25) is 0 Å². The van der Waals surface area contributed by atoms with Crippen molar-refractivity contribution in [3.63, 3.8) is 0 Å². The molecule has 1 aliphatic heterocycles. The van der Waals surface area contributed by atoms with Gasteiger partial charge < -0.3 is 14.7 Å². The molecule has 4 heteroatoms. The SMILES string of the molecule is O=C(O)N(Cc1ccccc1)C[C@H]1CCOC1. The van der Waals surface area contributed by atoms with Gasteiger partial charge in [0.25, 0.3) is 0 Å². The van der Waals surface area contributed by atoms with E-state index in [1.165, 1.54) is 4.90 Å². The molecule has 1 N–H and O–H groups in total. The molecule has 1 aromatic rings. The van der Waals surface area contributed by atoms with Crippen molar-refractivity contribution >= 4 is 6.09 Å². The van der Waals surface area contributed by atoms with Crippen molar-refractivity contribution in [3.8, 4) is 0 Å². The fraction of sp³-hybridized carbons (Fsp3) is 0.462. The summed E-state index contributed by atoms with van der Waals surface area (Å²) in [5.74, 6) is 0.342. The van der Waals surface area contributed by atoms with Crippen LogP contribution in [0.25, 0.3) is 0 Å². The summed E-state index contributed by atoms with van der Waals surface area (Å²) in [6.07, 6.45) is 0.0965. The van der Waals surface area contributed by atoms with Gasteiger partial charge in [-0.2, -0.15) is 0 Å². The van der Waals surface area contributed by atoms with E-state index in [1.807, 2.05) is 30.3 Å². The van der Waals surface area contributed by atoms with Crippen LogP contribution in [-0.2, 0) is 11.3 Å². The summed E-state index contributed by atoms with van der Waals surface area (Å²) in [6, 6.07) is 9.67. The quantitative estimate of drug-likeness (QED) is 0.870. The molecule has 0 saturated carbocycles. The first-order chi connectivity index (χ1) is 8.25. The summed E-state index contributed by atoms with van der Waals surface area (Å²) in [4.78, 5) is 12.6. The Morgan fingerprint density at radius 1 is 1.41 bits per heavy atom.